The van der Waals surface area contributed by atoms with E-state index in [0.717, 1.165) is 4.91 Å². The van der Waals surface area contributed by atoms with E-state index in [1.807, 2.05) is 6.26 Å². The minimum atomic E-state index is -2.72. The van der Waals surface area contributed by atoms with Crippen LogP contribution in [0.5, 0.6) is 0 Å². The molecule has 0 amide bonds. The van der Waals surface area contributed by atoms with Gasteiger partial charge in [0.1, 0.15) is 0 Å². The maximum absolute atomic E-state index is 10.7. The highest BCUT2D eigenvalue weighted by Crippen LogP contribution is 2.20. The van der Waals surface area contributed by atoms with Crippen LogP contribution in [-0.4, -0.2) is 26.2 Å². The third-order valence-corrected chi connectivity index (χ3v) is 3.63. The highest BCUT2D eigenvalue weighted by atomic mass is 32.2. The van der Waals surface area contributed by atoms with Crippen LogP contribution in [0.15, 0.2) is 11.0 Å². The Bertz CT molecular complexity index is 225. The third-order valence-electron chi connectivity index (χ3n) is 1.19. The Kier molecular flexibility index (Phi) is 1.86. The zero-order valence-electron chi connectivity index (χ0n) is 5.12. The first-order valence-corrected chi connectivity index (χ1v) is 5.62. The molecule has 0 unspecified atom stereocenters. The summed E-state index contributed by atoms with van der Waals surface area (Å²) in [5, 5.41) is 0. The van der Waals surface area contributed by atoms with Crippen LogP contribution in [0.3, 0.4) is 0 Å². The fourth-order valence-corrected chi connectivity index (χ4v) is 3.19. The van der Waals surface area contributed by atoms with Gasteiger partial charge in [-0.15, -0.1) is 11.8 Å². The van der Waals surface area contributed by atoms with Crippen LogP contribution in [0.4, 0.5) is 0 Å². The van der Waals surface area contributed by atoms with Crippen molar-refractivity contribution in [3.63, 3.8) is 0 Å². The molecule has 4 heteroatoms. The maximum Gasteiger partial charge on any atom is 0.158 e. The molecule has 1 rings (SSSR count). The number of hydrogen-bond donors (Lipinski definition) is 0. The Morgan fingerprint density at radius 2 is 2.33 bits per heavy atom. The van der Waals surface area contributed by atoms with E-state index in [1.54, 1.807) is 6.08 Å². The first-order chi connectivity index (χ1) is 4.14. The van der Waals surface area contributed by atoms with Crippen molar-refractivity contribution in [2.75, 3.05) is 17.8 Å². The summed E-state index contributed by atoms with van der Waals surface area (Å²) >= 11 is 1.52. The summed E-state index contributed by atoms with van der Waals surface area (Å²) in [6.07, 6.45) is 3.67. The molecule has 1 aliphatic heterocycles. The standard InChI is InChI=1S/C5H8O2S2/c1-8-5-2-3-9(6,7)4-5/h2H,3-4H2,1H3. The lowest BCUT2D eigenvalue weighted by molar-refractivity contribution is 0.603. The number of thioether (sulfide) groups is 1. The summed E-state index contributed by atoms with van der Waals surface area (Å²) in [5.41, 5.74) is 0. The molecule has 0 aromatic rings. The van der Waals surface area contributed by atoms with Crippen LogP contribution in [0, 0.1) is 0 Å². The SMILES string of the molecule is CSC1=CCS(=O)(=O)C1. The van der Waals surface area contributed by atoms with Crippen molar-refractivity contribution in [3.05, 3.63) is 11.0 Å². The molecule has 0 radical (unpaired) electrons. The van der Waals surface area contributed by atoms with Crippen LogP contribution in [0.1, 0.15) is 0 Å². The lowest BCUT2D eigenvalue weighted by atomic mass is 10.6. The Hall–Kier alpha value is 0.0400. The zero-order valence-corrected chi connectivity index (χ0v) is 6.76. The quantitative estimate of drug-likeness (QED) is 0.571. The molecule has 2 nitrogen and oxygen atoms in total. The normalized spacial score (nSPS) is 23.9. The molecular formula is C5H8O2S2. The van der Waals surface area contributed by atoms with Gasteiger partial charge in [0.05, 0.1) is 11.5 Å². The van der Waals surface area contributed by atoms with Crippen molar-refractivity contribution in [3.8, 4) is 0 Å². The molecule has 0 aromatic carbocycles. The summed E-state index contributed by atoms with van der Waals surface area (Å²) in [6.45, 7) is 0. The second kappa shape index (κ2) is 2.34. The largest absolute Gasteiger partial charge is 0.228 e. The first kappa shape index (κ1) is 7.15. The lowest BCUT2D eigenvalue weighted by Gasteiger charge is -1.90. The van der Waals surface area contributed by atoms with Crippen molar-refractivity contribution < 1.29 is 8.42 Å². The molecule has 0 fully saturated rings. The number of sulfone groups is 1. The van der Waals surface area contributed by atoms with Crippen LogP contribution >= 0.6 is 11.8 Å². The van der Waals surface area contributed by atoms with Crippen molar-refractivity contribution in [1.82, 2.24) is 0 Å². The third kappa shape index (κ3) is 1.72. The second-order valence-corrected chi connectivity index (χ2v) is 4.97. The summed E-state index contributed by atoms with van der Waals surface area (Å²) < 4.78 is 21.5. The molecule has 0 aliphatic carbocycles. The Labute approximate surface area is 59.3 Å². The Morgan fingerprint density at radius 1 is 1.67 bits per heavy atom. The van der Waals surface area contributed by atoms with Gasteiger partial charge >= 0.3 is 0 Å². The van der Waals surface area contributed by atoms with Gasteiger partial charge in [-0.25, -0.2) is 8.42 Å². The molecule has 0 N–H and O–H groups in total. The minimum absolute atomic E-state index is 0.239. The fraction of sp³-hybridized carbons (Fsp3) is 0.600. The van der Waals surface area contributed by atoms with Crippen molar-refractivity contribution in [2.24, 2.45) is 0 Å². The van der Waals surface area contributed by atoms with Crippen molar-refractivity contribution >= 4 is 21.6 Å². The van der Waals surface area contributed by atoms with Crippen LogP contribution < -0.4 is 0 Å². The molecule has 0 atom stereocenters. The number of rotatable bonds is 1. The van der Waals surface area contributed by atoms with Crippen LogP contribution in [-0.2, 0) is 9.84 Å². The van der Waals surface area contributed by atoms with Gasteiger partial charge in [-0.1, -0.05) is 6.08 Å². The molecular weight excluding hydrogens is 156 g/mol. The van der Waals surface area contributed by atoms with E-state index < -0.39 is 9.84 Å². The van der Waals surface area contributed by atoms with Crippen LogP contribution in [0.2, 0.25) is 0 Å². The van der Waals surface area contributed by atoms with Gasteiger partial charge in [-0.05, 0) is 11.2 Å². The molecule has 0 saturated carbocycles. The van der Waals surface area contributed by atoms with E-state index in [2.05, 4.69) is 0 Å². The Morgan fingerprint density at radius 3 is 2.56 bits per heavy atom. The predicted molar refractivity (Wildman–Crippen MR) is 40.3 cm³/mol. The monoisotopic (exact) mass is 164 g/mol. The van der Waals surface area contributed by atoms with Gasteiger partial charge in [-0.3, -0.25) is 0 Å². The van der Waals surface area contributed by atoms with E-state index >= 15 is 0 Å². The predicted octanol–water partition coefficient (Wildman–Crippen LogP) is 0.662. The first-order valence-electron chi connectivity index (χ1n) is 2.57. The average Bonchev–Trinajstić information content (AvgIpc) is 2.10. The van der Waals surface area contributed by atoms with E-state index in [0.29, 0.717) is 0 Å². The molecule has 52 valence electrons. The smallest absolute Gasteiger partial charge is 0.158 e. The molecule has 0 saturated heterocycles. The number of hydrogen-bond acceptors (Lipinski definition) is 3. The average molecular weight is 164 g/mol. The Balaban J connectivity index is 2.71. The topological polar surface area (TPSA) is 34.1 Å². The maximum atomic E-state index is 10.7. The van der Waals surface area contributed by atoms with E-state index in [1.165, 1.54) is 11.8 Å². The lowest BCUT2D eigenvalue weighted by Crippen LogP contribution is -2.01. The summed E-state index contributed by atoms with van der Waals surface area (Å²) in [6, 6.07) is 0. The molecule has 1 aliphatic rings. The zero-order chi connectivity index (χ0) is 6.91. The van der Waals surface area contributed by atoms with Crippen LogP contribution in [0.25, 0.3) is 0 Å². The molecule has 0 bridgehead atoms. The van der Waals surface area contributed by atoms with Gasteiger partial charge in [0, 0.05) is 0 Å². The molecule has 0 aromatic heterocycles. The van der Waals surface area contributed by atoms with Crippen molar-refractivity contribution in [1.29, 1.82) is 0 Å². The highest BCUT2D eigenvalue weighted by Gasteiger charge is 2.18. The van der Waals surface area contributed by atoms with Crippen molar-refractivity contribution in [2.45, 2.75) is 0 Å². The molecule has 1 heterocycles. The van der Waals surface area contributed by atoms with E-state index in [4.69, 9.17) is 0 Å². The van der Waals surface area contributed by atoms with Gasteiger partial charge in [-0.2, -0.15) is 0 Å². The van der Waals surface area contributed by atoms with E-state index in [-0.39, 0.29) is 11.5 Å². The van der Waals surface area contributed by atoms with Gasteiger partial charge in [0.25, 0.3) is 0 Å². The second-order valence-electron chi connectivity index (χ2n) is 1.93. The highest BCUT2D eigenvalue weighted by molar-refractivity contribution is 8.04. The summed E-state index contributed by atoms with van der Waals surface area (Å²) in [4.78, 5) is 0.981. The van der Waals surface area contributed by atoms with Gasteiger partial charge < -0.3 is 0 Å². The van der Waals surface area contributed by atoms with Gasteiger partial charge in [0.2, 0.25) is 0 Å². The summed E-state index contributed by atoms with van der Waals surface area (Å²) in [7, 11) is -2.72. The summed E-state index contributed by atoms with van der Waals surface area (Å²) in [5.74, 6) is 0.497. The molecule has 0 spiro atoms. The van der Waals surface area contributed by atoms with Gasteiger partial charge in [0.15, 0.2) is 9.84 Å². The van der Waals surface area contributed by atoms with E-state index in [9.17, 15) is 8.42 Å². The minimum Gasteiger partial charge on any atom is -0.228 e. The molecule has 9 heavy (non-hydrogen) atoms. The fourth-order valence-electron chi connectivity index (χ4n) is 0.697.